The Morgan fingerprint density at radius 3 is 2.59 bits per heavy atom. The van der Waals surface area contributed by atoms with Crippen molar-refractivity contribution in [3.05, 3.63) is 18.0 Å². The van der Waals surface area contributed by atoms with Gasteiger partial charge in [-0.05, 0) is 13.8 Å². The molecule has 0 spiro atoms. The Morgan fingerprint density at radius 1 is 1.41 bits per heavy atom. The molecule has 6 heteroatoms. The van der Waals surface area contributed by atoms with Gasteiger partial charge in [-0.25, -0.2) is 9.97 Å². The third-order valence-corrected chi connectivity index (χ3v) is 1.97. The molecular formula is C11H18N4O2. The van der Waals surface area contributed by atoms with Crippen molar-refractivity contribution in [1.82, 2.24) is 15.3 Å². The van der Waals surface area contributed by atoms with E-state index in [1.54, 1.807) is 12.4 Å². The average molecular weight is 238 g/mol. The molecule has 1 aromatic heterocycles. The van der Waals surface area contributed by atoms with Crippen molar-refractivity contribution in [2.24, 2.45) is 0 Å². The van der Waals surface area contributed by atoms with Gasteiger partial charge >= 0.3 is 5.97 Å². The van der Waals surface area contributed by atoms with Crippen LogP contribution in [0.1, 0.15) is 25.8 Å². The molecular weight excluding hydrogens is 220 g/mol. The van der Waals surface area contributed by atoms with Gasteiger partial charge in [-0.2, -0.15) is 0 Å². The van der Waals surface area contributed by atoms with Crippen LogP contribution in [0.3, 0.4) is 0 Å². The fraction of sp³-hybridized carbons (Fsp3) is 0.545. The van der Waals surface area contributed by atoms with Crippen LogP contribution in [0.25, 0.3) is 0 Å². The smallest absolute Gasteiger partial charge is 0.304 e. The van der Waals surface area contributed by atoms with Gasteiger partial charge in [-0.3, -0.25) is 4.79 Å². The highest BCUT2D eigenvalue weighted by Crippen LogP contribution is 2.01. The standard InChI is InChI=1S/C11H18N4O2/c1-8(2)15-11-13-6-9(7-14-11)5-12-4-3-10(16)17/h6-8,12H,3-5H2,1-2H3,(H,16,17)(H,13,14,15). The fourth-order valence-electron chi connectivity index (χ4n) is 1.21. The number of carbonyl (C=O) groups is 1. The molecule has 17 heavy (non-hydrogen) atoms. The highest BCUT2D eigenvalue weighted by Gasteiger charge is 2.00. The second-order valence-corrected chi connectivity index (χ2v) is 4.03. The van der Waals surface area contributed by atoms with Crippen molar-refractivity contribution in [2.45, 2.75) is 32.9 Å². The van der Waals surface area contributed by atoms with Gasteiger partial charge in [0.15, 0.2) is 0 Å². The molecule has 0 radical (unpaired) electrons. The van der Waals surface area contributed by atoms with E-state index in [0.717, 1.165) is 5.56 Å². The van der Waals surface area contributed by atoms with E-state index < -0.39 is 5.97 Å². The summed E-state index contributed by atoms with van der Waals surface area (Å²) in [6, 6.07) is 0.301. The minimum absolute atomic E-state index is 0.119. The number of anilines is 1. The van der Waals surface area contributed by atoms with Crippen molar-refractivity contribution in [1.29, 1.82) is 0 Å². The largest absolute Gasteiger partial charge is 0.481 e. The number of hydrogen-bond acceptors (Lipinski definition) is 5. The molecule has 0 aliphatic heterocycles. The Labute approximate surface area is 100 Å². The summed E-state index contributed by atoms with van der Waals surface area (Å²) in [5.41, 5.74) is 0.935. The van der Waals surface area contributed by atoms with Crippen molar-refractivity contribution in [3.8, 4) is 0 Å². The average Bonchev–Trinajstić information content (AvgIpc) is 2.25. The number of carboxylic acid groups (broad SMARTS) is 1. The SMILES string of the molecule is CC(C)Nc1ncc(CNCCC(=O)O)cn1. The van der Waals surface area contributed by atoms with Crippen LogP contribution in [0, 0.1) is 0 Å². The summed E-state index contributed by atoms with van der Waals surface area (Å²) in [4.78, 5) is 18.6. The molecule has 0 aliphatic rings. The van der Waals surface area contributed by atoms with E-state index in [9.17, 15) is 4.79 Å². The first kappa shape index (κ1) is 13.4. The molecule has 0 saturated heterocycles. The second-order valence-electron chi connectivity index (χ2n) is 4.03. The minimum atomic E-state index is -0.801. The van der Waals surface area contributed by atoms with Crippen molar-refractivity contribution in [2.75, 3.05) is 11.9 Å². The molecule has 0 bridgehead atoms. The van der Waals surface area contributed by atoms with E-state index in [0.29, 0.717) is 25.1 Å². The van der Waals surface area contributed by atoms with E-state index in [1.165, 1.54) is 0 Å². The maximum absolute atomic E-state index is 10.3. The topological polar surface area (TPSA) is 87.1 Å². The molecule has 0 atom stereocenters. The number of hydrogen-bond donors (Lipinski definition) is 3. The van der Waals surface area contributed by atoms with Gasteiger partial charge < -0.3 is 15.7 Å². The number of aliphatic carboxylic acids is 1. The fourth-order valence-corrected chi connectivity index (χ4v) is 1.21. The Bertz CT molecular complexity index is 351. The van der Waals surface area contributed by atoms with Gasteiger partial charge in [-0.1, -0.05) is 0 Å². The van der Waals surface area contributed by atoms with E-state index in [2.05, 4.69) is 20.6 Å². The zero-order valence-electron chi connectivity index (χ0n) is 10.1. The van der Waals surface area contributed by atoms with Crippen LogP contribution in [-0.2, 0) is 11.3 Å². The maximum atomic E-state index is 10.3. The summed E-state index contributed by atoms with van der Waals surface area (Å²) in [6.07, 6.45) is 3.57. The normalized spacial score (nSPS) is 10.5. The highest BCUT2D eigenvalue weighted by molar-refractivity contribution is 5.66. The van der Waals surface area contributed by atoms with Gasteiger partial charge in [0, 0.05) is 37.1 Å². The van der Waals surface area contributed by atoms with Crippen LogP contribution in [0.4, 0.5) is 5.95 Å². The quantitative estimate of drug-likeness (QED) is 0.611. The number of nitrogens with zero attached hydrogens (tertiary/aromatic N) is 2. The van der Waals surface area contributed by atoms with E-state index >= 15 is 0 Å². The molecule has 1 heterocycles. The van der Waals surface area contributed by atoms with E-state index in [-0.39, 0.29) is 6.42 Å². The lowest BCUT2D eigenvalue weighted by Crippen LogP contribution is -2.18. The number of nitrogens with one attached hydrogen (secondary N) is 2. The third kappa shape index (κ3) is 5.82. The second kappa shape index (κ2) is 6.80. The molecule has 94 valence electrons. The molecule has 0 saturated carbocycles. The van der Waals surface area contributed by atoms with Crippen molar-refractivity contribution >= 4 is 11.9 Å². The first-order chi connectivity index (χ1) is 8.08. The van der Waals surface area contributed by atoms with Crippen LogP contribution in [-0.4, -0.2) is 33.6 Å². The lowest BCUT2D eigenvalue weighted by molar-refractivity contribution is -0.136. The minimum Gasteiger partial charge on any atom is -0.481 e. The molecule has 0 unspecified atom stereocenters. The molecule has 0 aromatic carbocycles. The van der Waals surface area contributed by atoms with Gasteiger partial charge in [-0.15, -0.1) is 0 Å². The van der Waals surface area contributed by atoms with Gasteiger partial charge in [0.25, 0.3) is 0 Å². The van der Waals surface area contributed by atoms with E-state index in [4.69, 9.17) is 5.11 Å². The maximum Gasteiger partial charge on any atom is 0.304 e. The van der Waals surface area contributed by atoms with Gasteiger partial charge in [0.2, 0.25) is 5.95 Å². The van der Waals surface area contributed by atoms with E-state index in [1.807, 2.05) is 13.8 Å². The zero-order chi connectivity index (χ0) is 12.7. The van der Waals surface area contributed by atoms with Crippen LogP contribution in [0.15, 0.2) is 12.4 Å². The van der Waals surface area contributed by atoms with Crippen molar-refractivity contribution in [3.63, 3.8) is 0 Å². The Hall–Kier alpha value is -1.69. The first-order valence-electron chi connectivity index (χ1n) is 5.58. The molecule has 3 N–H and O–H groups in total. The number of aromatic nitrogens is 2. The summed E-state index contributed by atoms with van der Waals surface area (Å²) in [6.45, 7) is 5.06. The van der Waals surface area contributed by atoms with Gasteiger partial charge in [0.1, 0.15) is 0 Å². The summed E-state index contributed by atoms with van der Waals surface area (Å²) in [5.74, 6) is -0.195. The third-order valence-electron chi connectivity index (χ3n) is 1.97. The Morgan fingerprint density at radius 2 is 2.06 bits per heavy atom. The monoisotopic (exact) mass is 238 g/mol. The molecule has 0 amide bonds. The summed E-state index contributed by atoms with van der Waals surface area (Å²) < 4.78 is 0. The molecule has 0 aliphatic carbocycles. The summed E-state index contributed by atoms with van der Waals surface area (Å²) in [5, 5.41) is 14.6. The van der Waals surface area contributed by atoms with Crippen LogP contribution in [0.2, 0.25) is 0 Å². The Kier molecular flexibility index (Phi) is 5.35. The molecule has 0 fully saturated rings. The van der Waals surface area contributed by atoms with Gasteiger partial charge in [0.05, 0.1) is 6.42 Å². The number of rotatable bonds is 7. The number of carboxylic acids is 1. The molecule has 1 rings (SSSR count). The predicted octanol–water partition coefficient (Wildman–Crippen LogP) is 0.861. The zero-order valence-corrected chi connectivity index (χ0v) is 10.1. The lowest BCUT2D eigenvalue weighted by Gasteiger charge is -2.08. The molecule has 1 aromatic rings. The highest BCUT2D eigenvalue weighted by atomic mass is 16.4. The molecule has 6 nitrogen and oxygen atoms in total. The Balaban J connectivity index is 2.32. The summed E-state index contributed by atoms with van der Waals surface area (Å²) in [7, 11) is 0. The lowest BCUT2D eigenvalue weighted by atomic mass is 10.3. The predicted molar refractivity (Wildman–Crippen MR) is 64.8 cm³/mol. The summed E-state index contributed by atoms with van der Waals surface area (Å²) >= 11 is 0. The first-order valence-corrected chi connectivity index (χ1v) is 5.58. The van der Waals surface area contributed by atoms with Crippen molar-refractivity contribution < 1.29 is 9.90 Å². The van der Waals surface area contributed by atoms with Crippen LogP contribution >= 0.6 is 0 Å². The van der Waals surface area contributed by atoms with Crippen LogP contribution in [0.5, 0.6) is 0 Å². The van der Waals surface area contributed by atoms with Crippen LogP contribution < -0.4 is 10.6 Å².